The smallest absolute Gasteiger partial charge is 0.149 e. The zero-order chi connectivity index (χ0) is 9.56. The Morgan fingerprint density at radius 3 is 2.50 bits per heavy atom. The summed E-state index contributed by atoms with van der Waals surface area (Å²) >= 11 is 0. The molecule has 0 aromatic carbocycles. The summed E-state index contributed by atoms with van der Waals surface area (Å²) in [5, 5.41) is 0. The van der Waals surface area contributed by atoms with Crippen molar-refractivity contribution in [2.24, 2.45) is 11.5 Å². The number of hydrogen-bond acceptors (Lipinski definition) is 4. The van der Waals surface area contributed by atoms with Gasteiger partial charge in [-0.25, -0.2) is 0 Å². The number of hydrogen-bond donors (Lipinski definition) is 2. The Morgan fingerprint density at radius 2 is 2.08 bits per heavy atom. The number of carbonyl (C=O) groups excluding carboxylic acids is 1. The monoisotopic (exact) mass is 171 g/mol. The molecule has 70 valence electrons. The van der Waals surface area contributed by atoms with Gasteiger partial charge in [0.1, 0.15) is 6.29 Å². The highest BCUT2D eigenvalue weighted by Gasteiger charge is 2.12. The maximum absolute atomic E-state index is 10.4. The van der Waals surface area contributed by atoms with Crippen LogP contribution in [-0.4, -0.2) is 38.4 Å². The van der Waals surface area contributed by atoms with Crippen molar-refractivity contribution >= 4 is 6.29 Å². The van der Waals surface area contributed by atoms with E-state index in [2.05, 4.69) is 10.6 Å². The fraction of sp³-hybridized carbons (Fsp3) is 0.625. The maximum atomic E-state index is 10.4. The second kappa shape index (κ2) is 5.74. The van der Waals surface area contributed by atoms with Gasteiger partial charge in [-0.2, -0.15) is 0 Å². The van der Waals surface area contributed by atoms with Gasteiger partial charge in [0.15, 0.2) is 0 Å². The number of carbonyl (C=O) groups is 1. The van der Waals surface area contributed by atoms with Gasteiger partial charge in [0, 0.05) is 30.8 Å². The highest BCUT2D eigenvalue weighted by Crippen LogP contribution is 2.09. The van der Waals surface area contributed by atoms with Crippen LogP contribution in [0.5, 0.6) is 0 Å². The number of aldehydes is 1. The number of nitrogens with zero attached hydrogens (tertiary/aromatic N) is 1. The van der Waals surface area contributed by atoms with E-state index >= 15 is 0 Å². The summed E-state index contributed by atoms with van der Waals surface area (Å²) in [6.45, 7) is 1.67. The van der Waals surface area contributed by atoms with E-state index in [4.69, 9.17) is 5.73 Å². The molecule has 1 heterocycles. The lowest BCUT2D eigenvalue weighted by Gasteiger charge is -2.22. The van der Waals surface area contributed by atoms with E-state index in [9.17, 15) is 4.79 Å². The summed E-state index contributed by atoms with van der Waals surface area (Å²) in [6.07, 6.45) is 1.68. The molecule has 0 radical (unpaired) electrons. The second-order valence-electron chi connectivity index (χ2n) is 2.66. The van der Waals surface area contributed by atoms with Crippen molar-refractivity contribution in [1.82, 2.24) is 4.90 Å². The van der Waals surface area contributed by atoms with Crippen LogP contribution in [0.25, 0.3) is 0 Å². The third-order valence-corrected chi connectivity index (χ3v) is 1.76. The maximum Gasteiger partial charge on any atom is 0.149 e. The predicted octanol–water partition coefficient (Wildman–Crippen LogP) is -0.691. The van der Waals surface area contributed by atoms with E-state index in [-0.39, 0.29) is 0 Å². The van der Waals surface area contributed by atoms with Gasteiger partial charge < -0.3 is 16.4 Å². The minimum absolute atomic E-state index is 0.704. The average Bonchev–Trinajstić information content (AvgIpc) is 2.13. The van der Waals surface area contributed by atoms with Gasteiger partial charge in [-0.15, -0.1) is 0 Å². The first-order chi connectivity index (χ1) is 5.74. The van der Waals surface area contributed by atoms with Crippen molar-refractivity contribution in [3.05, 3.63) is 11.3 Å². The molecule has 1 aliphatic rings. The highest BCUT2D eigenvalue weighted by atomic mass is 16.1. The SMILES string of the molecule is CN.CN1CCC(N)=C(C=O)C1. The first kappa shape index (κ1) is 11.1. The fourth-order valence-electron chi connectivity index (χ4n) is 1.06. The van der Waals surface area contributed by atoms with Gasteiger partial charge in [0.05, 0.1) is 0 Å². The summed E-state index contributed by atoms with van der Waals surface area (Å²) in [4.78, 5) is 12.4. The van der Waals surface area contributed by atoms with Crippen molar-refractivity contribution in [3.63, 3.8) is 0 Å². The molecule has 4 N–H and O–H groups in total. The van der Waals surface area contributed by atoms with Crippen LogP contribution < -0.4 is 11.5 Å². The number of rotatable bonds is 1. The minimum atomic E-state index is 0.704. The molecular weight excluding hydrogens is 154 g/mol. The van der Waals surface area contributed by atoms with Crippen molar-refractivity contribution in [2.45, 2.75) is 6.42 Å². The Morgan fingerprint density at radius 1 is 1.50 bits per heavy atom. The van der Waals surface area contributed by atoms with Gasteiger partial charge in [-0.05, 0) is 14.1 Å². The molecule has 0 saturated heterocycles. The molecule has 0 aliphatic carbocycles. The van der Waals surface area contributed by atoms with Crippen LogP contribution in [-0.2, 0) is 4.79 Å². The van der Waals surface area contributed by atoms with E-state index in [0.29, 0.717) is 6.54 Å². The Labute approximate surface area is 73.2 Å². The molecule has 1 rings (SSSR count). The molecule has 0 aromatic heterocycles. The van der Waals surface area contributed by atoms with E-state index in [1.807, 2.05) is 7.05 Å². The van der Waals surface area contributed by atoms with Crippen LogP contribution in [0, 0.1) is 0 Å². The largest absolute Gasteiger partial charge is 0.402 e. The van der Waals surface area contributed by atoms with Crippen LogP contribution in [0.1, 0.15) is 6.42 Å². The van der Waals surface area contributed by atoms with Crippen molar-refractivity contribution in [1.29, 1.82) is 0 Å². The standard InChI is InChI=1S/C7H12N2O.CH5N/c1-9-3-2-7(8)6(4-9)5-10;1-2/h5H,2-4,8H2,1H3;2H2,1H3. The molecular formula is C8H17N3O. The van der Waals surface area contributed by atoms with E-state index in [0.717, 1.165) is 30.5 Å². The van der Waals surface area contributed by atoms with Gasteiger partial charge >= 0.3 is 0 Å². The molecule has 0 atom stereocenters. The van der Waals surface area contributed by atoms with E-state index in [1.54, 1.807) is 0 Å². The molecule has 4 heteroatoms. The van der Waals surface area contributed by atoms with Crippen LogP contribution >= 0.6 is 0 Å². The normalized spacial score (nSPS) is 18.2. The Kier molecular flexibility index (Phi) is 5.32. The molecule has 0 unspecified atom stereocenters. The van der Waals surface area contributed by atoms with Crippen molar-refractivity contribution in [3.8, 4) is 0 Å². The van der Waals surface area contributed by atoms with Crippen molar-refractivity contribution < 1.29 is 4.79 Å². The third kappa shape index (κ3) is 3.02. The van der Waals surface area contributed by atoms with Crippen LogP contribution in [0.15, 0.2) is 11.3 Å². The molecule has 0 amide bonds. The molecule has 0 saturated carbocycles. The van der Waals surface area contributed by atoms with Gasteiger partial charge in [-0.3, -0.25) is 4.79 Å². The predicted molar refractivity (Wildman–Crippen MR) is 49.5 cm³/mol. The van der Waals surface area contributed by atoms with Crippen LogP contribution in [0.4, 0.5) is 0 Å². The molecule has 4 nitrogen and oxygen atoms in total. The topological polar surface area (TPSA) is 72.3 Å². The first-order valence-corrected chi connectivity index (χ1v) is 3.93. The summed E-state index contributed by atoms with van der Waals surface area (Å²) in [6, 6.07) is 0. The third-order valence-electron chi connectivity index (χ3n) is 1.76. The molecule has 12 heavy (non-hydrogen) atoms. The molecule has 0 aromatic rings. The average molecular weight is 171 g/mol. The lowest BCUT2D eigenvalue weighted by atomic mass is 10.1. The zero-order valence-electron chi connectivity index (χ0n) is 7.71. The second-order valence-corrected chi connectivity index (χ2v) is 2.66. The molecule has 1 aliphatic heterocycles. The van der Waals surface area contributed by atoms with Crippen molar-refractivity contribution in [2.75, 3.05) is 27.2 Å². The lowest BCUT2D eigenvalue weighted by Crippen LogP contribution is -2.30. The highest BCUT2D eigenvalue weighted by molar-refractivity contribution is 5.75. The Hall–Kier alpha value is -0.870. The van der Waals surface area contributed by atoms with E-state index < -0.39 is 0 Å². The van der Waals surface area contributed by atoms with Gasteiger partial charge in [-0.1, -0.05) is 0 Å². The van der Waals surface area contributed by atoms with Gasteiger partial charge in [0.25, 0.3) is 0 Å². The molecule has 0 fully saturated rings. The van der Waals surface area contributed by atoms with Crippen LogP contribution in [0.2, 0.25) is 0 Å². The molecule has 0 spiro atoms. The number of nitrogens with two attached hydrogens (primary N) is 2. The van der Waals surface area contributed by atoms with E-state index in [1.165, 1.54) is 7.05 Å². The summed E-state index contributed by atoms with van der Waals surface area (Å²) < 4.78 is 0. The summed E-state index contributed by atoms with van der Waals surface area (Å²) in [7, 11) is 3.48. The summed E-state index contributed by atoms with van der Waals surface area (Å²) in [5.41, 5.74) is 11.6. The minimum Gasteiger partial charge on any atom is -0.402 e. The molecule has 0 bridgehead atoms. The zero-order valence-corrected chi connectivity index (χ0v) is 7.71. The van der Waals surface area contributed by atoms with Gasteiger partial charge in [0.2, 0.25) is 0 Å². The Balaban J connectivity index is 0.000000561. The van der Waals surface area contributed by atoms with Crippen LogP contribution in [0.3, 0.4) is 0 Å². The first-order valence-electron chi connectivity index (χ1n) is 3.93. The number of likely N-dealkylation sites (N-methyl/N-ethyl adjacent to an activating group) is 1. The Bertz CT molecular complexity index is 177. The lowest BCUT2D eigenvalue weighted by molar-refractivity contribution is -0.105. The summed E-state index contributed by atoms with van der Waals surface area (Å²) in [5.74, 6) is 0. The fourth-order valence-corrected chi connectivity index (χ4v) is 1.06. The quantitative estimate of drug-likeness (QED) is 0.512.